The van der Waals surface area contributed by atoms with E-state index >= 15 is 0 Å². The van der Waals surface area contributed by atoms with Crippen LogP contribution in [0.3, 0.4) is 0 Å². The SMILES string of the molecule is C[C@]12CC[C@H](O)C[C@@H]1CC[C@@H]1[C@@H]2CC[C@@]2(C)[C@H]1CC[C@@]2(O)CCNc1ccc(N=[N+]=[N-])cc1[N+](=O)[O-]. The molecule has 4 saturated carbocycles. The summed E-state index contributed by atoms with van der Waals surface area (Å²) in [5.41, 5.74) is 8.42. The number of azide groups is 1. The minimum atomic E-state index is -0.796. The van der Waals surface area contributed by atoms with E-state index in [9.17, 15) is 20.3 Å². The van der Waals surface area contributed by atoms with Crippen molar-refractivity contribution in [3.05, 3.63) is 38.8 Å². The van der Waals surface area contributed by atoms with Gasteiger partial charge in [-0.2, -0.15) is 0 Å². The number of hydrogen-bond donors (Lipinski definition) is 3. The molecule has 36 heavy (non-hydrogen) atoms. The van der Waals surface area contributed by atoms with Crippen LogP contribution in [0.2, 0.25) is 0 Å². The maximum Gasteiger partial charge on any atom is 0.292 e. The molecule has 0 bridgehead atoms. The van der Waals surface area contributed by atoms with Gasteiger partial charge < -0.3 is 15.5 Å². The smallest absolute Gasteiger partial charge is 0.292 e. The Morgan fingerprint density at radius 2 is 1.94 bits per heavy atom. The normalized spacial score (nSPS) is 41.4. The number of nitro benzene ring substituents is 1. The predicted molar refractivity (Wildman–Crippen MR) is 138 cm³/mol. The van der Waals surface area contributed by atoms with Crippen molar-refractivity contribution < 1.29 is 15.1 Å². The van der Waals surface area contributed by atoms with Gasteiger partial charge in [-0.15, -0.1) is 0 Å². The molecular weight excluding hydrogens is 458 g/mol. The number of nitrogens with one attached hydrogen (secondary N) is 1. The molecule has 1 aromatic carbocycles. The van der Waals surface area contributed by atoms with Crippen LogP contribution in [0.5, 0.6) is 0 Å². The van der Waals surface area contributed by atoms with Crippen molar-refractivity contribution in [2.75, 3.05) is 11.9 Å². The number of nitrogens with zero attached hydrogens (tertiary/aromatic N) is 4. The molecule has 0 radical (unpaired) electrons. The van der Waals surface area contributed by atoms with Gasteiger partial charge in [-0.1, -0.05) is 25.0 Å². The Balaban J connectivity index is 1.29. The average Bonchev–Trinajstić information content (AvgIpc) is 3.11. The van der Waals surface area contributed by atoms with E-state index in [1.54, 1.807) is 12.1 Å². The van der Waals surface area contributed by atoms with Crippen molar-refractivity contribution in [3.8, 4) is 0 Å². The summed E-state index contributed by atoms with van der Waals surface area (Å²) in [5.74, 6) is 2.44. The molecule has 5 rings (SSSR count). The van der Waals surface area contributed by atoms with Gasteiger partial charge in [0.05, 0.1) is 16.6 Å². The van der Waals surface area contributed by atoms with Crippen LogP contribution in [0.4, 0.5) is 17.1 Å². The zero-order chi connectivity index (χ0) is 25.7. The van der Waals surface area contributed by atoms with E-state index in [-0.39, 0.29) is 22.9 Å². The van der Waals surface area contributed by atoms with Crippen molar-refractivity contribution in [1.82, 2.24) is 0 Å². The maximum atomic E-state index is 12.0. The Labute approximate surface area is 212 Å². The molecule has 1 aromatic rings. The van der Waals surface area contributed by atoms with Gasteiger partial charge in [-0.3, -0.25) is 10.1 Å². The topological polar surface area (TPSA) is 144 Å². The fourth-order valence-corrected chi connectivity index (χ4v) is 9.09. The van der Waals surface area contributed by atoms with Crippen LogP contribution >= 0.6 is 0 Å². The first-order valence-electron chi connectivity index (χ1n) is 13.6. The number of rotatable bonds is 6. The third kappa shape index (κ3) is 3.96. The zero-order valence-electron chi connectivity index (χ0n) is 21.4. The van der Waals surface area contributed by atoms with E-state index in [2.05, 4.69) is 29.2 Å². The first-order valence-corrected chi connectivity index (χ1v) is 13.6. The number of aliphatic hydroxyl groups is 2. The highest BCUT2D eigenvalue weighted by molar-refractivity contribution is 5.66. The number of aliphatic hydroxyl groups excluding tert-OH is 1. The molecule has 196 valence electrons. The highest BCUT2D eigenvalue weighted by Gasteiger charge is 2.64. The molecule has 9 heteroatoms. The predicted octanol–water partition coefficient (Wildman–Crippen LogP) is 6.47. The summed E-state index contributed by atoms with van der Waals surface area (Å²) in [5, 5.41) is 40.4. The molecule has 4 aliphatic rings. The van der Waals surface area contributed by atoms with Crippen LogP contribution in [-0.2, 0) is 0 Å². The lowest BCUT2D eigenvalue weighted by molar-refractivity contribution is -0.383. The molecule has 4 fully saturated rings. The van der Waals surface area contributed by atoms with Gasteiger partial charge in [0, 0.05) is 23.2 Å². The number of anilines is 1. The van der Waals surface area contributed by atoms with Crippen molar-refractivity contribution in [2.24, 2.45) is 39.6 Å². The maximum absolute atomic E-state index is 12.0. The van der Waals surface area contributed by atoms with Gasteiger partial charge in [-0.25, -0.2) is 0 Å². The molecule has 0 spiro atoms. The summed E-state index contributed by atoms with van der Waals surface area (Å²) in [7, 11) is 0. The van der Waals surface area contributed by atoms with Crippen molar-refractivity contribution >= 4 is 17.1 Å². The van der Waals surface area contributed by atoms with Gasteiger partial charge >= 0.3 is 0 Å². The van der Waals surface area contributed by atoms with Crippen LogP contribution < -0.4 is 5.32 Å². The first kappa shape index (κ1) is 25.3. The average molecular weight is 498 g/mol. The molecule has 0 amide bonds. The number of hydrogen-bond acceptors (Lipinski definition) is 6. The molecule has 0 aliphatic heterocycles. The quantitative estimate of drug-likeness (QED) is 0.135. The Hall–Kier alpha value is -2.35. The molecule has 0 saturated heterocycles. The van der Waals surface area contributed by atoms with E-state index in [1.165, 1.54) is 18.9 Å². The molecule has 8 atom stereocenters. The van der Waals surface area contributed by atoms with Crippen LogP contribution in [0.1, 0.15) is 78.1 Å². The minimum Gasteiger partial charge on any atom is -0.393 e. The molecule has 0 unspecified atom stereocenters. The third-order valence-corrected chi connectivity index (χ3v) is 11.2. The minimum absolute atomic E-state index is 0.134. The van der Waals surface area contributed by atoms with E-state index in [0.29, 0.717) is 47.7 Å². The van der Waals surface area contributed by atoms with Gasteiger partial charge in [0.25, 0.3) is 5.69 Å². The standard InChI is InChI=1S/C27H39N5O4/c1-25-10-7-19(33)15-17(25)3-5-20-21(25)8-11-26(2)22(20)9-12-27(26,34)13-14-29-23-6-4-18(30-31-28)16-24(23)32(35)36/h4,6,16-17,19-22,29,33-34H,3,5,7-15H2,1-2H3/t17-,19-,20+,21-,22-,25-,26-,27+/m0/s1. The fourth-order valence-electron chi connectivity index (χ4n) is 9.09. The van der Waals surface area contributed by atoms with Gasteiger partial charge in [0.2, 0.25) is 0 Å². The monoisotopic (exact) mass is 497 g/mol. The second-order valence-corrected chi connectivity index (χ2v) is 12.4. The number of fused-ring (bicyclic) bond motifs is 5. The van der Waals surface area contributed by atoms with Crippen molar-refractivity contribution in [3.63, 3.8) is 0 Å². The summed E-state index contributed by atoms with van der Waals surface area (Å²) in [6.07, 6.45) is 9.76. The van der Waals surface area contributed by atoms with E-state index in [4.69, 9.17) is 5.53 Å². The number of benzene rings is 1. The number of nitro groups is 1. The van der Waals surface area contributed by atoms with Gasteiger partial charge in [0.15, 0.2) is 0 Å². The summed E-state index contributed by atoms with van der Waals surface area (Å²) in [4.78, 5) is 13.8. The summed E-state index contributed by atoms with van der Waals surface area (Å²) in [6, 6.07) is 4.39. The van der Waals surface area contributed by atoms with E-state index in [1.807, 2.05) is 0 Å². The van der Waals surface area contributed by atoms with Crippen LogP contribution in [-0.4, -0.2) is 33.4 Å². The lowest BCUT2D eigenvalue weighted by Crippen LogP contribution is -2.57. The van der Waals surface area contributed by atoms with Crippen LogP contribution in [0, 0.1) is 44.6 Å². The highest BCUT2D eigenvalue weighted by atomic mass is 16.6. The zero-order valence-corrected chi connectivity index (χ0v) is 21.4. The Bertz CT molecular complexity index is 1080. The summed E-state index contributed by atoms with van der Waals surface area (Å²) in [6.45, 7) is 5.21. The van der Waals surface area contributed by atoms with Crippen LogP contribution in [0.25, 0.3) is 10.4 Å². The van der Waals surface area contributed by atoms with Crippen molar-refractivity contribution in [2.45, 2.75) is 89.8 Å². The van der Waals surface area contributed by atoms with Crippen LogP contribution in [0.15, 0.2) is 23.3 Å². The second-order valence-electron chi connectivity index (χ2n) is 12.4. The fraction of sp³-hybridized carbons (Fsp3) is 0.778. The molecule has 0 heterocycles. The largest absolute Gasteiger partial charge is 0.393 e. The second kappa shape index (κ2) is 9.19. The molecule has 4 aliphatic carbocycles. The van der Waals surface area contributed by atoms with Crippen molar-refractivity contribution in [1.29, 1.82) is 0 Å². The Morgan fingerprint density at radius 1 is 1.17 bits per heavy atom. The van der Waals surface area contributed by atoms with E-state index in [0.717, 1.165) is 44.9 Å². The lowest BCUT2D eigenvalue weighted by atomic mass is 9.44. The Morgan fingerprint density at radius 3 is 2.69 bits per heavy atom. The summed E-state index contributed by atoms with van der Waals surface area (Å²) < 4.78 is 0. The molecule has 9 nitrogen and oxygen atoms in total. The lowest BCUT2D eigenvalue weighted by Gasteiger charge is -2.61. The first-order chi connectivity index (χ1) is 17.1. The third-order valence-electron chi connectivity index (χ3n) is 11.2. The Kier molecular flexibility index (Phi) is 6.46. The summed E-state index contributed by atoms with van der Waals surface area (Å²) >= 11 is 0. The molecule has 0 aromatic heterocycles. The molecule has 3 N–H and O–H groups in total. The van der Waals surface area contributed by atoms with Gasteiger partial charge in [-0.05, 0) is 110 Å². The van der Waals surface area contributed by atoms with E-state index < -0.39 is 10.5 Å². The molecular formula is C27H39N5O4. The highest BCUT2D eigenvalue weighted by Crippen LogP contribution is 2.68. The van der Waals surface area contributed by atoms with Gasteiger partial charge in [0.1, 0.15) is 5.69 Å².